The molecule has 0 aromatic heterocycles. The van der Waals surface area contributed by atoms with E-state index in [1.807, 2.05) is 0 Å². The summed E-state index contributed by atoms with van der Waals surface area (Å²) in [6, 6.07) is 3.85. The highest BCUT2D eigenvalue weighted by Gasteiger charge is 2.28. The molecule has 2 rings (SSSR count). The Labute approximate surface area is 122 Å². The molecule has 2 N–H and O–H groups in total. The van der Waals surface area contributed by atoms with Gasteiger partial charge >= 0.3 is 12.0 Å². The zero-order valence-corrected chi connectivity index (χ0v) is 11.9. The molecule has 2 amide bonds. The van der Waals surface area contributed by atoms with E-state index in [2.05, 4.69) is 5.32 Å². The summed E-state index contributed by atoms with van der Waals surface area (Å²) in [5.74, 6) is -1.59. The Morgan fingerprint density at radius 2 is 2.05 bits per heavy atom. The van der Waals surface area contributed by atoms with E-state index < -0.39 is 17.8 Å². The summed E-state index contributed by atoms with van der Waals surface area (Å²) in [5, 5.41) is 11.4. The number of carbonyl (C=O) groups is 2. The quantitative estimate of drug-likeness (QED) is 0.897. The van der Waals surface area contributed by atoms with E-state index in [4.69, 9.17) is 5.11 Å². The summed E-state index contributed by atoms with van der Waals surface area (Å²) in [6.07, 6.45) is 3.54. The molecule has 1 aliphatic rings. The van der Waals surface area contributed by atoms with Gasteiger partial charge in [-0.2, -0.15) is 0 Å². The van der Waals surface area contributed by atoms with Crippen LogP contribution in [0.5, 0.6) is 0 Å². The second-order valence-corrected chi connectivity index (χ2v) is 5.37. The lowest BCUT2D eigenvalue weighted by molar-refractivity contribution is -0.138. The van der Waals surface area contributed by atoms with Crippen LogP contribution in [0.1, 0.15) is 31.2 Å². The maximum atomic E-state index is 13.8. The molecule has 1 saturated carbocycles. The van der Waals surface area contributed by atoms with E-state index >= 15 is 0 Å². The molecule has 1 fully saturated rings. The number of urea groups is 1. The zero-order chi connectivity index (χ0) is 15.4. The number of benzene rings is 1. The number of hydrogen-bond donors (Lipinski definition) is 2. The molecule has 114 valence electrons. The number of carboxylic acid groups (broad SMARTS) is 1. The molecule has 0 spiro atoms. The molecule has 0 bridgehead atoms. The Morgan fingerprint density at radius 3 is 2.62 bits per heavy atom. The molecule has 21 heavy (non-hydrogen) atoms. The normalized spacial score (nSPS) is 15.0. The van der Waals surface area contributed by atoms with Crippen molar-refractivity contribution < 1.29 is 19.1 Å². The lowest BCUT2D eigenvalue weighted by Gasteiger charge is -2.27. The van der Waals surface area contributed by atoms with Crippen LogP contribution in [0.3, 0.4) is 0 Å². The number of nitrogens with zero attached hydrogens (tertiary/aromatic N) is 1. The molecule has 0 atom stereocenters. The molecular weight excluding hydrogens is 275 g/mol. The van der Waals surface area contributed by atoms with Crippen LogP contribution < -0.4 is 5.32 Å². The summed E-state index contributed by atoms with van der Waals surface area (Å²) < 4.78 is 13.8. The van der Waals surface area contributed by atoms with Gasteiger partial charge in [-0.1, -0.05) is 18.9 Å². The van der Waals surface area contributed by atoms with Crippen LogP contribution in [0, 0.1) is 12.7 Å². The van der Waals surface area contributed by atoms with Gasteiger partial charge in [-0.25, -0.2) is 9.18 Å². The molecule has 5 nitrogen and oxygen atoms in total. The van der Waals surface area contributed by atoms with E-state index in [0.717, 1.165) is 31.2 Å². The molecule has 0 aliphatic heterocycles. The summed E-state index contributed by atoms with van der Waals surface area (Å²) in [6.45, 7) is 1.38. The molecule has 1 aromatic rings. The van der Waals surface area contributed by atoms with Crippen LogP contribution >= 0.6 is 0 Å². The van der Waals surface area contributed by atoms with E-state index in [0.29, 0.717) is 0 Å². The first-order valence-electron chi connectivity index (χ1n) is 7.03. The fraction of sp³-hybridized carbons (Fsp3) is 0.467. The van der Waals surface area contributed by atoms with Crippen LogP contribution in [-0.2, 0) is 4.79 Å². The number of nitrogens with one attached hydrogen (secondary N) is 1. The number of rotatable bonds is 4. The number of carbonyl (C=O) groups excluding carboxylic acids is 1. The first-order valence-corrected chi connectivity index (χ1v) is 7.03. The third kappa shape index (κ3) is 3.93. The maximum Gasteiger partial charge on any atom is 0.323 e. The number of halogens is 1. The highest BCUT2D eigenvalue weighted by atomic mass is 19.1. The fourth-order valence-corrected chi connectivity index (χ4v) is 2.64. The van der Waals surface area contributed by atoms with Crippen molar-refractivity contribution in [2.75, 3.05) is 11.9 Å². The summed E-state index contributed by atoms with van der Waals surface area (Å²) >= 11 is 0. The van der Waals surface area contributed by atoms with Crippen molar-refractivity contribution in [2.45, 2.75) is 38.6 Å². The summed E-state index contributed by atoms with van der Waals surface area (Å²) in [5.41, 5.74) is 0.822. The number of hydrogen-bond acceptors (Lipinski definition) is 2. The van der Waals surface area contributed by atoms with Gasteiger partial charge in [-0.05, 0) is 37.5 Å². The van der Waals surface area contributed by atoms with E-state index in [1.165, 1.54) is 17.0 Å². The van der Waals surface area contributed by atoms with E-state index in [1.54, 1.807) is 13.0 Å². The van der Waals surface area contributed by atoms with Crippen molar-refractivity contribution in [1.82, 2.24) is 4.90 Å². The van der Waals surface area contributed by atoms with Gasteiger partial charge in [0.05, 0.1) is 5.69 Å². The monoisotopic (exact) mass is 294 g/mol. The summed E-state index contributed by atoms with van der Waals surface area (Å²) in [7, 11) is 0. The summed E-state index contributed by atoms with van der Waals surface area (Å²) in [4.78, 5) is 24.5. The number of anilines is 1. The van der Waals surface area contributed by atoms with Crippen molar-refractivity contribution in [3.05, 3.63) is 29.6 Å². The molecule has 0 saturated heterocycles. The van der Waals surface area contributed by atoms with Crippen molar-refractivity contribution in [3.8, 4) is 0 Å². The van der Waals surface area contributed by atoms with Gasteiger partial charge in [0.25, 0.3) is 0 Å². The van der Waals surface area contributed by atoms with Crippen LogP contribution in [-0.4, -0.2) is 34.6 Å². The van der Waals surface area contributed by atoms with Crippen LogP contribution in [0.15, 0.2) is 18.2 Å². The largest absolute Gasteiger partial charge is 0.480 e. The second kappa shape index (κ2) is 6.56. The Bertz CT molecular complexity index is 542. The van der Waals surface area contributed by atoms with Crippen LogP contribution in [0.4, 0.5) is 14.9 Å². The molecule has 1 aromatic carbocycles. The standard InChI is InChI=1S/C15H19FN2O3/c1-10-6-7-13(12(16)8-10)17-15(21)18(9-14(19)20)11-4-2-3-5-11/h6-8,11H,2-5,9H2,1H3,(H,17,21)(H,19,20). The van der Waals surface area contributed by atoms with E-state index in [-0.39, 0.29) is 18.3 Å². The lowest BCUT2D eigenvalue weighted by atomic mass is 10.2. The highest BCUT2D eigenvalue weighted by molar-refractivity contribution is 5.91. The number of aliphatic carboxylic acids is 1. The van der Waals surface area contributed by atoms with Gasteiger partial charge in [-0.15, -0.1) is 0 Å². The van der Waals surface area contributed by atoms with Crippen molar-refractivity contribution in [3.63, 3.8) is 0 Å². The number of carboxylic acids is 1. The Hall–Kier alpha value is -2.11. The van der Waals surface area contributed by atoms with Crippen molar-refractivity contribution >= 4 is 17.7 Å². The Morgan fingerprint density at radius 1 is 1.38 bits per heavy atom. The minimum Gasteiger partial charge on any atom is -0.480 e. The molecule has 1 aliphatic carbocycles. The number of amides is 2. The average molecular weight is 294 g/mol. The SMILES string of the molecule is Cc1ccc(NC(=O)N(CC(=O)O)C2CCCC2)c(F)c1. The van der Waals surface area contributed by atoms with Gasteiger partial charge in [0.15, 0.2) is 0 Å². The first kappa shape index (κ1) is 15.3. The molecule has 0 unspecified atom stereocenters. The number of aryl methyl sites for hydroxylation is 1. The second-order valence-electron chi connectivity index (χ2n) is 5.37. The Balaban J connectivity index is 2.11. The van der Waals surface area contributed by atoms with Crippen LogP contribution in [0.25, 0.3) is 0 Å². The van der Waals surface area contributed by atoms with Gasteiger partial charge in [-0.3, -0.25) is 4.79 Å². The van der Waals surface area contributed by atoms with Crippen LogP contribution in [0.2, 0.25) is 0 Å². The molecule has 0 radical (unpaired) electrons. The minimum atomic E-state index is -1.07. The van der Waals surface area contributed by atoms with Gasteiger partial charge < -0.3 is 15.3 Å². The topological polar surface area (TPSA) is 69.6 Å². The van der Waals surface area contributed by atoms with Gasteiger partial charge in [0.2, 0.25) is 0 Å². The molecule has 6 heteroatoms. The molecule has 0 heterocycles. The minimum absolute atomic E-state index is 0.0685. The van der Waals surface area contributed by atoms with Gasteiger partial charge in [0.1, 0.15) is 12.4 Å². The van der Waals surface area contributed by atoms with Gasteiger partial charge in [0, 0.05) is 6.04 Å². The molecular formula is C15H19FN2O3. The third-order valence-corrected chi connectivity index (χ3v) is 3.70. The predicted octanol–water partition coefficient (Wildman–Crippen LogP) is 3.00. The van der Waals surface area contributed by atoms with Crippen molar-refractivity contribution in [2.24, 2.45) is 0 Å². The smallest absolute Gasteiger partial charge is 0.323 e. The average Bonchev–Trinajstić information content (AvgIpc) is 2.92. The zero-order valence-electron chi connectivity index (χ0n) is 11.9. The maximum absolute atomic E-state index is 13.8. The highest BCUT2D eigenvalue weighted by Crippen LogP contribution is 2.24. The Kier molecular flexibility index (Phi) is 4.77. The van der Waals surface area contributed by atoms with Crippen molar-refractivity contribution in [1.29, 1.82) is 0 Å². The van der Waals surface area contributed by atoms with E-state index in [9.17, 15) is 14.0 Å². The lowest BCUT2D eigenvalue weighted by Crippen LogP contribution is -2.44. The fourth-order valence-electron chi connectivity index (χ4n) is 2.64. The first-order chi connectivity index (χ1) is 9.97. The third-order valence-electron chi connectivity index (χ3n) is 3.70. The predicted molar refractivity (Wildman–Crippen MR) is 76.8 cm³/mol.